The van der Waals surface area contributed by atoms with E-state index in [1.54, 1.807) is 23.1 Å². The molecule has 0 aliphatic carbocycles. The fraction of sp³-hybridized carbons (Fsp3) is 0.200. The summed E-state index contributed by atoms with van der Waals surface area (Å²) in [5.74, 6) is 0. The summed E-state index contributed by atoms with van der Waals surface area (Å²) in [6, 6.07) is 6.36. The molecule has 0 unspecified atom stereocenters. The molecule has 1 aromatic heterocycles. The first-order chi connectivity index (χ1) is 6.77. The van der Waals surface area contributed by atoms with Crippen LogP contribution in [0, 0.1) is 0 Å². The largest absolute Gasteiger partial charge is 0.390 e. The summed E-state index contributed by atoms with van der Waals surface area (Å²) in [5, 5.41) is 3.11. The lowest BCUT2D eigenvalue weighted by atomic mass is 10.2. The van der Waals surface area contributed by atoms with Gasteiger partial charge in [0.25, 0.3) is 0 Å². The van der Waals surface area contributed by atoms with E-state index in [0.717, 1.165) is 10.3 Å². The molecule has 0 bridgehead atoms. The van der Waals surface area contributed by atoms with Gasteiger partial charge in [0.05, 0.1) is 0 Å². The lowest BCUT2D eigenvalue weighted by Gasteiger charge is -1.98. The van der Waals surface area contributed by atoms with E-state index in [-0.39, 0.29) is 0 Å². The lowest BCUT2D eigenvalue weighted by molar-refractivity contribution is 1.50. The predicted molar refractivity (Wildman–Crippen MR) is 70.6 cm³/mol. The summed E-state index contributed by atoms with van der Waals surface area (Å²) < 4.78 is 1.31. The van der Waals surface area contributed by atoms with Gasteiger partial charge in [0, 0.05) is 20.3 Å². The molecular weight excluding hydrogens is 278 g/mol. The first kappa shape index (κ1) is 10.3. The minimum absolute atomic E-state index is 0.887. The Kier molecular flexibility index (Phi) is 3.04. The highest BCUT2D eigenvalue weighted by Gasteiger charge is 2.10. The number of alkyl halides is 1. The number of rotatable bonds is 2. The van der Waals surface area contributed by atoms with Gasteiger partial charge in [-0.05, 0) is 11.8 Å². The van der Waals surface area contributed by atoms with Gasteiger partial charge in [-0.15, -0.1) is 23.1 Å². The van der Waals surface area contributed by atoms with Crippen molar-refractivity contribution in [2.24, 2.45) is 0 Å². The molecule has 1 aromatic carbocycles. The molecule has 0 spiro atoms. The highest BCUT2D eigenvalue weighted by molar-refractivity contribution is 9.08. The summed E-state index contributed by atoms with van der Waals surface area (Å²) in [6.45, 7) is 0. The zero-order valence-corrected chi connectivity index (χ0v) is 10.9. The first-order valence-corrected chi connectivity index (χ1v) is 7.34. The summed E-state index contributed by atoms with van der Waals surface area (Å²) in [5.41, 5.74) is 7.29. The van der Waals surface area contributed by atoms with Crippen LogP contribution in [0.25, 0.3) is 10.1 Å². The number of hydrogen-bond donors (Lipinski definition) is 1. The number of thioether (sulfide) groups is 1. The van der Waals surface area contributed by atoms with E-state index in [9.17, 15) is 0 Å². The second-order valence-corrected chi connectivity index (χ2v) is 5.36. The van der Waals surface area contributed by atoms with E-state index in [0.29, 0.717) is 0 Å². The van der Waals surface area contributed by atoms with Gasteiger partial charge in [0.15, 0.2) is 0 Å². The van der Waals surface area contributed by atoms with E-state index in [1.165, 1.54) is 20.5 Å². The maximum absolute atomic E-state index is 5.97. The second-order valence-electron chi connectivity index (χ2n) is 2.93. The van der Waals surface area contributed by atoms with Crippen molar-refractivity contribution >= 4 is 54.1 Å². The molecular formula is C10H10BrNS2. The van der Waals surface area contributed by atoms with Crippen molar-refractivity contribution in [3.8, 4) is 0 Å². The molecule has 2 aromatic rings. The number of halogens is 1. The topological polar surface area (TPSA) is 26.0 Å². The van der Waals surface area contributed by atoms with E-state index >= 15 is 0 Å². The number of thiophene rings is 1. The molecule has 14 heavy (non-hydrogen) atoms. The van der Waals surface area contributed by atoms with Crippen LogP contribution >= 0.6 is 39.0 Å². The van der Waals surface area contributed by atoms with Crippen molar-refractivity contribution in [3.05, 3.63) is 23.8 Å². The molecule has 1 heterocycles. The second kappa shape index (κ2) is 4.13. The summed E-state index contributed by atoms with van der Waals surface area (Å²) >= 11 is 6.90. The number of hydrogen-bond acceptors (Lipinski definition) is 3. The zero-order chi connectivity index (χ0) is 10.1. The van der Waals surface area contributed by atoms with E-state index < -0.39 is 0 Å². The van der Waals surface area contributed by atoms with Crippen LogP contribution in [0.2, 0.25) is 0 Å². The minimum Gasteiger partial charge on any atom is -0.390 e. The van der Waals surface area contributed by atoms with E-state index in [1.807, 2.05) is 0 Å². The molecule has 1 nitrogen and oxygen atoms in total. The van der Waals surface area contributed by atoms with Crippen molar-refractivity contribution in [1.82, 2.24) is 0 Å². The number of nitrogens with two attached hydrogens (primary N) is 1. The molecule has 0 amide bonds. The third-order valence-corrected chi connectivity index (χ3v) is 4.82. The molecule has 0 aliphatic heterocycles. The monoisotopic (exact) mass is 287 g/mol. The van der Waals surface area contributed by atoms with Crippen LogP contribution in [0.4, 0.5) is 5.00 Å². The maximum Gasteiger partial charge on any atom is 0.101 e. The summed E-state index contributed by atoms with van der Waals surface area (Å²) in [7, 11) is 0. The van der Waals surface area contributed by atoms with Crippen LogP contribution in [-0.2, 0) is 5.33 Å². The van der Waals surface area contributed by atoms with Gasteiger partial charge in [-0.2, -0.15) is 0 Å². The zero-order valence-electron chi connectivity index (χ0n) is 7.71. The predicted octanol–water partition coefficient (Wildman–Crippen LogP) is 4.10. The highest BCUT2D eigenvalue weighted by atomic mass is 79.9. The molecule has 0 aliphatic rings. The van der Waals surface area contributed by atoms with E-state index in [4.69, 9.17) is 5.73 Å². The standard InChI is InChI=1S/C10H10BrNS2/c1-13-9-7-4-2-3-6(5-11)8(7)14-10(9)12/h2-4H,5,12H2,1H3. The third kappa shape index (κ3) is 1.55. The molecule has 2 N–H and O–H groups in total. The van der Waals surface area contributed by atoms with Gasteiger partial charge in [-0.25, -0.2) is 0 Å². The first-order valence-electron chi connectivity index (χ1n) is 4.17. The SMILES string of the molecule is CSc1c(N)sc2c(CBr)cccc12. The molecule has 0 fully saturated rings. The van der Waals surface area contributed by atoms with Crippen LogP contribution in [0.1, 0.15) is 5.56 Å². The average Bonchev–Trinajstić information content (AvgIpc) is 2.52. The van der Waals surface area contributed by atoms with Gasteiger partial charge in [0.2, 0.25) is 0 Å². The summed E-state index contributed by atoms with van der Waals surface area (Å²) in [4.78, 5) is 1.22. The van der Waals surface area contributed by atoms with Gasteiger partial charge >= 0.3 is 0 Å². The molecule has 0 saturated carbocycles. The molecule has 0 atom stereocenters. The van der Waals surface area contributed by atoms with Gasteiger partial charge < -0.3 is 5.73 Å². The minimum atomic E-state index is 0.887. The van der Waals surface area contributed by atoms with Crippen molar-refractivity contribution in [2.75, 3.05) is 12.0 Å². The number of nitrogen functional groups attached to an aromatic ring is 1. The Morgan fingerprint density at radius 3 is 2.93 bits per heavy atom. The number of benzene rings is 1. The normalized spacial score (nSPS) is 11.0. The fourth-order valence-corrected chi connectivity index (χ4v) is 4.15. The van der Waals surface area contributed by atoms with Crippen molar-refractivity contribution < 1.29 is 0 Å². The van der Waals surface area contributed by atoms with E-state index in [2.05, 4.69) is 40.4 Å². The van der Waals surface area contributed by atoms with Crippen molar-refractivity contribution in [2.45, 2.75) is 10.2 Å². The highest BCUT2D eigenvalue weighted by Crippen LogP contribution is 2.41. The maximum atomic E-state index is 5.97. The number of anilines is 1. The van der Waals surface area contributed by atoms with Crippen LogP contribution in [-0.4, -0.2) is 6.26 Å². The Bertz CT molecular complexity index is 464. The molecule has 0 radical (unpaired) electrons. The Hall–Kier alpha value is -0.190. The Balaban J connectivity index is 2.79. The smallest absolute Gasteiger partial charge is 0.101 e. The molecule has 4 heteroatoms. The Morgan fingerprint density at radius 1 is 1.50 bits per heavy atom. The lowest BCUT2D eigenvalue weighted by Crippen LogP contribution is -1.79. The Morgan fingerprint density at radius 2 is 2.29 bits per heavy atom. The van der Waals surface area contributed by atoms with Crippen molar-refractivity contribution in [3.63, 3.8) is 0 Å². The third-order valence-electron chi connectivity index (χ3n) is 2.13. The van der Waals surface area contributed by atoms with Gasteiger partial charge in [0.1, 0.15) is 5.00 Å². The van der Waals surface area contributed by atoms with Gasteiger partial charge in [-0.1, -0.05) is 34.1 Å². The quantitative estimate of drug-likeness (QED) is 0.665. The molecule has 2 rings (SSSR count). The fourth-order valence-electron chi connectivity index (χ4n) is 1.49. The van der Waals surface area contributed by atoms with Crippen LogP contribution < -0.4 is 5.73 Å². The molecule has 74 valence electrons. The Labute approximate surface area is 99.8 Å². The van der Waals surface area contributed by atoms with Gasteiger partial charge in [-0.3, -0.25) is 0 Å². The average molecular weight is 288 g/mol. The van der Waals surface area contributed by atoms with Crippen LogP contribution in [0.15, 0.2) is 23.1 Å². The molecule has 0 saturated heterocycles. The van der Waals surface area contributed by atoms with Crippen LogP contribution in [0.3, 0.4) is 0 Å². The summed E-state index contributed by atoms with van der Waals surface area (Å²) in [6.07, 6.45) is 2.07. The van der Waals surface area contributed by atoms with Crippen LogP contribution in [0.5, 0.6) is 0 Å². The number of fused-ring (bicyclic) bond motifs is 1. The van der Waals surface area contributed by atoms with Crippen molar-refractivity contribution in [1.29, 1.82) is 0 Å².